The van der Waals surface area contributed by atoms with Crippen LogP contribution in [0.1, 0.15) is 26.0 Å². The van der Waals surface area contributed by atoms with Gasteiger partial charge in [0, 0.05) is 17.8 Å². The molecular weight excluding hydrogens is 364 g/mol. The molecule has 1 atom stereocenters. The van der Waals surface area contributed by atoms with Gasteiger partial charge >= 0.3 is 6.18 Å². The maximum Gasteiger partial charge on any atom is 0.433 e. The third-order valence-corrected chi connectivity index (χ3v) is 3.94. The number of halogens is 5. The maximum absolute atomic E-state index is 13.0. The van der Waals surface area contributed by atoms with Crippen molar-refractivity contribution in [2.45, 2.75) is 32.5 Å². The van der Waals surface area contributed by atoms with Crippen molar-refractivity contribution in [1.29, 1.82) is 0 Å². The van der Waals surface area contributed by atoms with Gasteiger partial charge in [-0.15, -0.1) is 0 Å². The molecule has 24 heavy (non-hydrogen) atoms. The molecule has 1 heterocycles. The average molecular weight is 379 g/mol. The summed E-state index contributed by atoms with van der Waals surface area (Å²) in [6.07, 6.45) is -3.86. The summed E-state index contributed by atoms with van der Waals surface area (Å²) < 4.78 is 39.1. The first-order chi connectivity index (χ1) is 11.2. The van der Waals surface area contributed by atoms with Crippen molar-refractivity contribution in [2.24, 2.45) is 0 Å². The molecule has 4 nitrogen and oxygen atoms in total. The predicted octanol–water partition coefficient (Wildman–Crippen LogP) is 5.76. The van der Waals surface area contributed by atoms with E-state index >= 15 is 0 Å². The Balaban J connectivity index is 2.36. The molecule has 0 bridgehead atoms. The van der Waals surface area contributed by atoms with Gasteiger partial charge in [0.1, 0.15) is 5.82 Å². The molecule has 0 radical (unpaired) electrons. The molecule has 0 fully saturated rings. The average Bonchev–Trinajstić information content (AvgIpc) is 2.49. The highest BCUT2D eigenvalue weighted by atomic mass is 35.5. The summed E-state index contributed by atoms with van der Waals surface area (Å²) in [4.78, 5) is 7.60. The first-order valence-electron chi connectivity index (χ1n) is 7.14. The molecule has 0 saturated carbocycles. The Bertz CT molecular complexity index is 722. The van der Waals surface area contributed by atoms with Gasteiger partial charge in [0.05, 0.1) is 10.0 Å². The molecule has 2 N–H and O–H groups in total. The summed E-state index contributed by atoms with van der Waals surface area (Å²) in [6.45, 7) is 3.73. The van der Waals surface area contributed by atoms with Crippen LogP contribution in [-0.4, -0.2) is 16.0 Å². The van der Waals surface area contributed by atoms with Crippen molar-refractivity contribution in [1.82, 2.24) is 9.97 Å². The second kappa shape index (κ2) is 7.44. The summed E-state index contributed by atoms with van der Waals surface area (Å²) in [5, 5.41) is 6.25. The number of alkyl halides is 3. The van der Waals surface area contributed by atoms with Crippen molar-refractivity contribution in [2.75, 3.05) is 10.6 Å². The molecule has 0 aliphatic rings. The fourth-order valence-corrected chi connectivity index (χ4v) is 2.06. The van der Waals surface area contributed by atoms with Crippen molar-refractivity contribution < 1.29 is 13.2 Å². The van der Waals surface area contributed by atoms with Crippen molar-refractivity contribution in [3.8, 4) is 0 Å². The zero-order valence-corrected chi connectivity index (χ0v) is 14.4. The Labute approximate surface area is 147 Å². The van der Waals surface area contributed by atoms with Gasteiger partial charge in [-0.05, 0) is 31.5 Å². The van der Waals surface area contributed by atoms with Crippen molar-refractivity contribution in [3.63, 3.8) is 0 Å². The van der Waals surface area contributed by atoms with Crippen LogP contribution in [0.5, 0.6) is 0 Å². The monoisotopic (exact) mass is 378 g/mol. The van der Waals surface area contributed by atoms with Crippen LogP contribution in [0.4, 0.5) is 30.6 Å². The van der Waals surface area contributed by atoms with Gasteiger partial charge in [0.25, 0.3) is 0 Å². The molecule has 0 amide bonds. The number of anilines is 3. The zero-order chi connectivity index (χ0) is 17.9. The van der Waals surface area contributed by atoms with Gasteiger partial charge < -0.3 is 10.6 Å². The maximum atomic E-state index is 13.0. The lowest BCUT2D eigenvalue weighted by Crippen LogP contribution is -2.18. The highest BCUT2D eigenvalue weighted by molar-refractivity contribution is 6.42. The summed E-state index contributed by atoms with van der Waals surface area (Å²) in [5.74, 6) is -0.0942. The number of hydrogen-bond acceptors (Lipinski definition) is 4. The standard InChI is InChI=1S/C15H15Cl2F3N4/c1-3-8(2)21-14-23-12(15(18,19)20)7-13(24-14)22-9-4-5-10(16)11(17)6-9/h4-8H,3H2,1-2H3,(H2,21,22,23,24)/t8-/m0/s1. The van der Waals surface area contributed by atoms with Crippen LogP contribution >= 0.6 is 23.2 Å². The van der Waals surface area contributed by atoms with Crippen molar-refractivity contribution in [3.05, 3.63) is 40.0 Å². The molecule has 130 valence electrons. The summed E-state index contributed by atoms with van der Waals surface area (Å²) in [5.41, 5.74) is -0.573. The van der Waals surface area contributed by atoms with Crippen LogP contribution in [-0.2, 0) is 6.18 Å². The number of aromatic nitrogens is 2. The van der Waals surface area contributed by atoms with E-state index in [4.69, 9.17) is 23.2 Å². The Hall–Kier alpha value is -1.73. The quantitative estimate of drug-likeness (QED) is 0.694. The van der Waals surface area contributed by atoms with E-state index in [1.165, 1.54) is 12.1 Å². The smallest absolute Gasteiger partial charge is 0.352 e. The van der Waals surface area contributed by atoms with Gasteiger partial charge in [0.15, 0.2) is 5.69 Å². The van der Waals surface area contributed by atoms with E-state index in [2.05, 4.69) is 20.6 Å². The minimum atomic E-state index is -4.58. The van der Waals surface area contributed by atoms with Gasteiger partial charge in [-0.1, -0.05) is 30.1 Å². The third-order valence-electron chi connectivity index (χ3n) is 3.20. The van der Waals surface area contributed by atoms with E-state index in [-0.39, 0.29) is 22.8 Å². The fourth-order valence-electron chi connectivity index (χ4n) is 1.77. The Morgan fingerprint density at radius 3 is 2.42 bits per heavy atom. The molecule has 0 spiro atoms. The second-order valence-electron chi connectivity index (χ2n) is 5.17. The molecule has 0 aliphatic heterocycles. The molecule has 1 aromatic heterocycles. The summed E-state index contributed by atoms with van der Waals surface area (Å²) in [7, 11) is 0. The van der Waals surface area contributed by atoms with E-state index in [0.29, 0.717) is 10.7 Å². The second-order valence-corrected chi connectivity index (χ2v) is 5.98. The zero-order valence-electron chi connectivity index (χ0n) is 12.9. The third kappa shape index (κ3) is 4.88. The van der Waals surface area contributed by atoms with E-state index in [9.17, 15) is 13.2 Å². The molecular formula is C15H15Cl2F3N4. The van der Waals surface area contributed by atoms with Crippen LogP contribution in [0.2, 0.25) is 10.0 Å². The molecule has 2 rings (SSSR count). The lowest BCUT2D eigenvalue weighted by molar-refractivity contribution is -0.141. The van der Waals surface area contributed by atoms with Crippen LogP contribution in [0.3, 0.4) is 0 Å². The van der Waals surface area contributed by atoms with Gasteiger partial charge in [-0.25, -0.2) is 4.98 Å². The van der Waals surface area contributed by atoms with E-state index in [1.807, 2.05) is 13.8 Å². The topological polar surface area (TPSA) is 49.8 Å². The van der Waals surface area contributed by atoms with Gasteiger partial charge in [-0.3, -0.25) is 0 Å². The fraction of sp³-hybridized carbons (Fsp3) is 0.333. The Morgan fingerprint density at radius 1 is 1.12 bits per heavy atom. The van der Waals surface area contributed by atoms with Crippen LogP contribution in [0.25, 0.3) is 0 Å². The predicted molar refractivity (Wildman–Crippen MR) is 90.2 cm³/mol. The van der Waals surface area contributed by atoms with E-state index in [0.717, 1.165) is 12.5 Å². The van der Waals surface area contributed by atoms with Gasteiger partial charge in [-0.2, -0.15) is 18.2 Å². The molecule has 9 heteroatoms. The molecule has 0 unspecified atom stereocenters. The lowest BCUT2D eigenvalue weighted by Gasteiger charge is -2.15. The Kier molecular flexibility index (Phi) is 5.77. The van der Waals surface area contributed by atoms with Crippen LogP contribution in [0, 0.1) is 0 Å². The molecule has 0 aliphatic carbocycles. The normalized spacial score (nSPS) is 12.8. The first kappa shape index (κ1) is 18.6. The van der Waals surface area contributed by atoms with E-state index in [1.54, 1.807) is 6.07 Å². The lowest BCUT2D eigenvalue weighted by atomic mass is 10.3. The number of nitrogens with zero attached hydrogens (tertiary/aromatic N) is 2. The first-order valence-corrected chi connectivity index (χ1v) is 7.89. The van der Waals surface area contributed by atoms with E-state index < -0.39 is 11.9 Å². The van der Waals surface area contributed by atoms with Gasteiger partial charge in [0.2, 0.25) is 5.95 Å². The SMILES string of the molecule is CC[C@H](C)Nc1nc(Nc2ccc(Cl)c(Cl)c2)cc(C(F)(F)F)n1. The Morgan fingerprint density at radius 2 is 1.83 bits per heavy atom. The number of hydrogen-bond donors (Lipinski definition) is 2. The van der Waals surface area contributed by atoms with Crippen molar-refractivity contribution >= 4 is 40.7 Å². The molecule has 2 aromatic rings. The minimum Gasteiger partial charge on any atom is -0.352 e. The summed E-state index contributed by atoms with van der Waals surface area (Å²) >= 11 is 11.7. The largest absolute Gasteiger partial charge is 0.433 e. The van der Waals surface area contributed by atoms with Crippen LogP contribution in [0.15, 0.2) is 24.3 Å². The van der Waals surface area contributed by atoms with Crippen LogP contribution < -0.4 is 10.6 Å². The number of nitrogens with one attached hydrogen (secondary N) is 2. The highest BCUT2D eigenvalue weighted by Gasteiger charge is 2.33. The number of benzene rings is 1. The summed E-state index contributed by atoms with van der Waals surface area (Å²) in [6, 6.07) is 5.40. The minimum absolute atomic E-state index is 0.00140. The molecule has 1 aromatic carbocycles. The highest BCUT2D eigenvalue weighted by Crippen LogP contribution is 2.31. The number of rotatable bonds is 5. The molecule has 0 saturated heterocycles.